The number of halogens is 3. The Labute approximate surface area is 244 Å². The summed E-state index contributed by atoms with van der Waals surface area (Å²) in [7, 11) is 0. The van der Waals surface area contributed by atoms with Gasteiger partial charge in [-0.25, -0.2) is 9.18 Å². The molecule has 1 saturated heterocycles. The molecule has 40 heavy (non-hydrogen) atoms. The molecule has 8 heteroatoms. The minimum Gasteiger partial charge on any atom is -0.337 e. The van der Waals surface area contributed by atoms with Gasteiger partial charge in [0, 0.05) is 35.9 Å². The smallest absolute Gasteiger partial charge is 0.319 e. The maximum Gasteiger partial charge on any atom is 0.319 e. The number of urea groups is 1. The lowest BCUT2D eigenvalue weighted by Crippen LogP contribution is -2.39. The Bertz CT molecular complexity index is 1430. The first-order chi connectivity index (χ1) is 19.4. The van der Waals surface area contributed by atoms with Crippen molar-refractivity contribution in [2.45, 2.75) is 25.3 Å². The van der Waals surface area contributed by atoms with E-state index in [0.717, 1.165) is 49.3 Å². The van der Waals surface area contributed by atoms with Gasteiger partial charge in [-0.1, -0.05) is 65.7 Å². The third-order valence-electron chi connectivity index (χ3n) is 7.47. The summed E-state index contributed by atoms with van der Waals surface area (Å²) in [4.78, 5) is 19.7. The van der Waals surface area contributed by atoms with E-state index >= 15 is 0 Å². The zero-order chi connectivity index (χ0) is 27.9. The maximum atomic E-state index is 13.5. The molecule has 0 bridgehead atoms. The fraction of sp³-hybridized carbons (Fsp3) is 0.250. The highest BCUT2D eigenvalue weighted by atomic mass is 35.5. The average molecular weight is 578 g/mol. The molecule has 2 N–H and O–H groups in total. The van der Waals surface area contributed by atoms with Crippen LogP contribution >= 0.6 is 23.2 Å². The van der Waals surface area contributed by atoms with Gasteiger partial charge in [-0.15, -0.1) is 0 Å². The normalized spacial score (nSPS) is 15.0. The molecular weight excluding hydrogens is 546 g/mol. The number of rotatable bonds is 8. The van der Waals surface area contributed by atoms with Crippen LogP contribution in [0, 0.1) is 11.7 Å². The molecule has 5 rings (SSSR count). The lowest BCUT2D eigenvalue weighted by Gasteiger charge is -2.36. The standard InChI is InChI=1S/C32H31Cl2FN4O/c33-26-5-3-4-25(18-26)22-7-9-23(10-8-22)29(20-37-32(40)38-27-11-12-31(35)30(34)19-27)24-13-16-39(17-14-24)21-28-6-1-2-15-36-28/h1-12,15,18-19,24,29H,13-14,16-17,20-21H2,(H2,37,38,40). The molecule has 5 nitrogen and oxygen atoms in total. The van der Waals surface area contributed by atoms with Gasteiger partial charge in [0.1, 0.15) is 5.82 Å². The first-order valence-electron chi connectivity index (χ1n) is 13.4. The Morgan fingerprint density at radius 3 is 2.45 bits per heavy atom. The number of amides is 2. The second-order valence-corrected chi connectivity index (χ2v) is 11.0. The zero-order valence-corrected chi connectivity index (χ0v) is 23.5. The predicted molar refractivity (Wildman–Crippen MR) is 160 cm³/mol. The molecule has 0 aliphatic carbocycles. The number of hydrogen-bond donors (Lipinski definition) is 2. The first-order valence-corrected chi connectivity index (χ1v) is 14.2. The molecule has 1 aliphatic rings. The summed E-state index contributed by atoms with van der Waals surface area (Å²) in [5.74, 6) is 0.00818. The number of pyridine rings is 1. The Hall–Kier alpha value is -3.45. The van der Waals surface area contributed by atoms with E-state index in [0.29, 0.717) is 23.2 Å². The number of benzene rings is 3. The van der Waals surface area contributed by atoms with Crippen LogP contribution in [0.5, 0.6) is 0 Å². The van der Waals surface area contributed by atoms with Gasteiger partial charge in [0.2, 0.25) is 0 Å². The monoisotopic (exact) mass is 576 g/mol. The molecule has 2 heterocycles. The third-order valence-corrected chi connectivity index (χ3v) is 7.99. The van der Waals surface area contributed by atoms with Crippen LogP contribution in [0.4, 0.5) is 14.9 Å². The van der Waals surface area contributed by atoms with E-state index < -0.39 is 5.82 Å². The number of nitrogens with one attached hydrogen (secondary N) is 2. The summed E-state index contributed by atoms with van der Waals surface area (Å²) in [5.41, 5.74) is 4.85. The summed E-state index contributed by atoms with van der Waals surface area (Å²) in [6.45, 7) is 3.26. The van der Waals surface area contributed by atoms with Crippen molar-refractivity contribution in [3.05, 3.63) is 118 Å². The van der Waals surface area contributed by atoms with E-state index in [-0.39, 0.29) is 17.0 Å². The predicted octanol–water partition coefficient (Wildman–Crippen LogP) is 8.01. The van der Waals surface area contributed by atoms with E-state index in [1.165, 1.54) is 23.8 Å². The Morgan fingerprint density at radius 1 is 0.950 bits per heavy atom. The molecule has 3 aromatic carbocycles. The van der Waals surface area contributed by atoms with Crippen molar-refractivity contribution in [3.8, 4) is 11.1 Å². The van der Waals surface area contributed by atoms with Crippen LogP contribution in [-0.2, 0) is 6.54 Å². The van der Waals surface area contributed by atoms with Gasteiger partial charge < -0.3 is 10.6 Å². The number of carbonyl (C=O) groups is 1. The molecule has 0 saturated carbocycles. The van der Waals surface area contributed by atoms with Crippen molar-refractivity contribution in [3.63, 3.8) is 0 Å². The Morgan fingerprint density at radius 2 is 1.75 bits per heavy atom. The molecule has 1 fully saturated rings. The number of hydrogen-bond acceptors (Lipinski definition) is 3. The van der Waals surface area contributed by atoms with Gasteiger partial charge in [-0.2, -0.15) is 0 Å². The van der Waals surface area contributed by atoms with Crippen LogP contribution in [0.1, 0.15) is 30.0 Å². The van der Waals surface area contributed by atoms with Crippen LogP contribution in [-0.4, -0.2) is 35.5 Å². The van der Waals surface area contributed by atoms with Crippen LogP contribution in [0.3, 0.4) is 0 Å². The van der Waals surface area contributed by atoms with Crippen LogP contribution < -0.4 is 10.6 Å². The summed E-state index contributed by atoms with van der Waals surface area (Å²) in [6.07, 6.45) is 3.87. The van der Waals surface area contributed by atoms with Crippen LogP contribution in [0.15, 0.2) is 91.1 Å². The second-order valence-electron chi connectivity index (χ2n) is 10.1. The largest absolute Gasteiger partial charge is 0.337 e. The number of likely N-dealkylation sites (tertiary alicyclic amines) is 1. The van der Waals surface area contributed by atoms with Gasteiger partial charge in [0.25, 0.3) is 0 Å². The molecule has 4 aromatic rings. The highest BCUT2D eigenvalue weighted by Crippen LogP contribution is 2.34. The lowest BCUT2D eigenvalue weighted by molar-refractivity contribution is 0.159. The summed E-state index contributed by atoms with van der Waals surface area (Å²) in [6, 6.07) is 26.2. The first kappa shape index (κ1) is 28.1. The van der Waals surface area contributed by atoms with Crippen molar-refractivity contribution in [1.29, 1.82) is 0 Å². The summed E-state index contributed by atoms with van der Waals surface area (Å²) < 4.78 is 13.5. The molecule has 2 amide bonds. The quantitative estimate of drug-likeness (QED) is 0.223. The van der Waals surface area contributed by atoms with Crippen molar-refractivity contribution in [2.75, 3.05) is 25.0 Å². The topological polar surface area (TPSA) is 57.3 Å². The van der Waals surface area contributed by atoms with Gasteiger partial charge >= 0.3 is 6.03 Å². The highest BCUT2D eigenvalue weighted by Gasteiger charge is 2.28. The molecule has 1 aromatic heterocycles. The van der Waals surface area contributed by atoms with Crippen molar-refractivity contribution >= 4 is 34.9 Å². The van der Waals surface area contributed by atoms with E-state index in [2.05, 4.69) is 50.8 Å². The van der Waals surface area contributed by atoms with E-state index in [1.54, 1.807) is 0 Å². The molecule has 1 atom stereocenters. The number of aromatic nitrogens is 1. The average Bonchev–Trinajstić information content (AvgIpc) is 2.97. The molecule has 0 radical (unpaired) electrons. The van der Waals surface area contributed by atoms with E-state index in [1.807, 2.05) is 42.6 Å². The lowest BCUT2D eigenvalue weighted by atomic mass is 9.79. The van der Waals surface area contributed by atoms with E-state index in [9.17, 15) is 9.18 Å². The molecule has 1 aliphatic heterocycles. The van der Waals surface area contributed by atoms with Gasteiger partial charge in [-0.3, -0.25) is 9.88 Å². The molecule has 1 unspecified atom stereocenters. The number of carbonyl (C=O) groups excluding carboxylic acids is 1. The zero-order valence-electron chi connectivity index (χ0n) is 22.0. The van der Waals surface area contributed by atoms with Crippen molar-refractivity contribution in [2.24, 2.45) is 5.92 Å². The Kier molecular flexibility index (Phi) is 9.32. The fourth-order valence-corrected chi connectivity index (χ4v) is 5.70. The number of piperidine rings is 1. The highest BCUT2D eigenvalue weighted by molar-refractivity contribution is 6.31. The molecular formula is C32H31Cl2FN4O. The van der Waals surface area contributed by atoms with Crippen molar-refractivity contribution in [1.82, 2.24) is 15.2 Å². The second kappa shape index (κ2) is 13.3. The SMILES string of the molecule is O=C(NCC(c1ccc(-c2cccc(Cl)c2)cc1)C1CCN(Cc2ccccn2)CC1)Nc1ccc(F)c(Cl)c1. The molecule has 206 valence electrons. The maximum absolute atomic E-state index is 13.5. The van der Waals surface area contributed by atoms with Gasteiger partial charge in [-0.05, 0) is 91.0 Å². The minimum absolute atomic E-state index is 0.0343. The van der Waals surface area contributed by atoms with Crippen LogP contribution in [0.25, 0.3) is 11.1 Å². The van der Waals surface area contributed by atoms with Crippen molar-refractivity contribution < 1.29 is 9.18 Å². The Balaban J connectivity index is 1.28. The summed E-state index contributed by atoms with van der Waals surface area (Å²) in [5, 5.41) is 6.47. The summed E-state index contributed by atoms with van der Waals surface area (Å²) >= 11 is 12.1. The van der Waals surface area contributed by atoms with Gasteiger partial charge in [0.15, 0.2) is 0 Å². The minimum atomic E-state index is -0.525. The molecule has 0 spiro atoms. The number of nitrogens with zero attached hydrogens (tertiary/aromatic N) is 2. The van der Waals surface area contributed by atoms with Crippen LogP contribution in [0.2, 0.25) is 10.0 Å². The van der Waals surface area contributed by atoms with Gasteiger partial charge in [0.05, 0.1) is 10.7 Å². The fourth-order valence-electron chi connectivity index (χ4n) is 5.33. The third kappa shape index (κ3) is 7.39. The number of anilines is 1. The van der Waals surface area contributed by atoms with E-state index in [4.69, 9.17) is 23.2 Å².